The lowest BCUT2D eigenvalue weighted by atomic mass is 9.91. The molecule has 1 N–H and O–H groups in total. The first kappa shape index (κ1) is 21.6. The molecule has 0 bridgehead atoms. The number of furan rings is 1. The van der Waals surface area contributed by atoms with Crippen LogP contribution in [-0.2, 0) is 17.8 Å². The van der Waals surface area contributed by atoms with Crippen molar-refractivity contribution in [2.24, 2.45) is 0 Å². The zero-order valence-corrected chi connectivity index (χ0v) is 19.1. The van der Waals surface area contributed by atoms with E-state index in [-0.39, 0.29) is 17.9 Å². The first-order chi connectivity index (χ1) is 16.1. The second-order valence-corrected chi connectivity index (χ2v) is 9.44. The van der Waals surface area contributed by atoms with Crippen LogP contribution in [0.4, 0.5) is 0 Å². The van der Waals surface area contributed by atoms with Gasteiger partial charge in [0.05, 0.1) is 18.5 Å². The average molecular weight is 446 g/mol. The lowest BCUT2D eigenvalue weighted by molar-refractivity contribution is -0.133. The van der Waals surface area contributed by atoms with E-state index in [1.165, 1.54) is 6.42 Å². The van der Waals surface area contributed by atoms with E-state index in [0.29, 0.717) is 31.0 Å². The molecule has 6 nitrogen and oxygen atoms in total. The predicted octanol–water partition coefficient (Wildman–Crippen LogP) is 4.65. The van der Waals surface area contributed by atoms with E-state index in [4.69, 9.17) is 4.42 Å². The van der Waals surface area contributed by atoms with Crippen LogP contribution < -0.4 is 5.32 Å². The Morgan fingerprint density at radius 1 is 1.03 bits per heavy atom. The number of rotatable bonds is 6. The number of hydrogen-bond donors (Lipinski definition) is 1. The molecule has 33 heavy (non-hydrogen) atoms. The number of amides is 2. The van der Waals surface area contributed by atoms with Crippen molar-refractivity contribution in [3.8, 4) is 11.5 Å². The van der Waals surface area contributed by atoms with Gasteiger partial charge in [0.1, 0.15) is 17.0 Å². The van der Waals surface area contributed by atoms with Crippen molar-refractivity contribution in [1.29, 1.82) is 0 Å². The Hall–Kier alpha value is -3.28. The Labute approximate surface area is 194 Å². The third kappa shape index (κ3) is 4.10. The number of fused-ring (bicyclic) bond motifs is 1. The van der Waals surface area contributed by atoms with E-state index in [2.05, 4.69) is 17.4 Å². The average Bonchev–Trinajstić information content (AvgIpc) is 3.50. The van der Waals surface area contributed by atoms with E-state index in [9.17, 15) is 9.59 Å². The van der Waals surface area contributed by atoms with Crippen molar-refractivity contribution in [3.63, 3.8) is 0 Å². The Morgan fingerprint density at radius 2 is 1.79 bits per heavy atom. The largest absolute Gasteiger partial charge is 0.463 e. The van der Waals surface area contributed by atoms with Gasteiger partial charge in [-0.1, -0.05) is 49.6 Å². The molecular formula is C27H31N3O3. The Balaban J connectivity index is 1.47. The van der Waals surface area contributed by atoms with Crippen molar-refractivity contribution in [3.05, 3.63) is 72.1 Å². The van der Waals surface area contributed by atoms with E-state index in [0.717, 1.165) is 36.9 Å². The second kappa shape index (κ2) is 8.93. The first-order valence-corrected chi connectivity index (χ1v) is 12.0. The van der Waals surface area contributed by atoms with Crippen LogP contribution in [0.25, 0.3) is 11.5 Å². The lowest BCUT2D eigenvalue weighted by Gasteiger charge is -2.45. The van der Waals surface area contributed by atoms with E-state index >= 15 is 0 Å². The van der Waals surface area contributed by atoms with Crippen LogP contribution in [0.1, 0.15) is 55.1 Å². The third-order valence-corrected chi connectivity index (χ3v) is 7.18. The van der Waals surface area contributed by atoms with Gasteiger partial charge in [0.2, 0.25) is 5.91 Å². The van der Waals surface area contributed by atoms with Crippen molar-refractivity contribution in [2.45, 2.75) is 63.6 Å². The molecule has 0 saturated heterocycles. The normalized spacial score (nSPS) is 21.1. The molecule has 3 heterocycles. The maximum Gasteiger partial charge on any atom is 0.271 e. The summed E-state index contributed by atoms with van der Waals surface area (Å²) in [7, 11) is 0. The van der Waals surface area contributed by atoms with Gasteiger partial charge in [-0.25, -0.2) is 0 Å². The third-order valence-electron chi connectivity index (χ3n) is 7.18. The number of carbonyl (C=O) groups is 2. The highest BCUT2D eigenvalue weighted by Crippen LogP contribution is 2.34. The molecule has 1 atom stereocenters. The minimum absolute atomic E-state index is 0.0689. The number of benzene rings is 1. The number of nitrogens with zero attached hydrogens (tertiary/aromatic N) is 2. The summed E-state index contributed by atoms with van der Waals surface area (Å²) in [5.41, 5.74) is 1.58. The van der Waals surface area contributed by atoms with Gasteiger partial charge in [-0.3, -0.25) is 9.59 Å². The van der Waals surface area contributed by atoms with Gasteiger partial charge in [0.25, 0.3) is 5.91 Å². The van der Waals surface area contributed by atoms with Gasteiger partial charge in [0, 0.05) is 12.6 Å². The molecule has 1 aromatic carbocycles. The Morgan fingerprint density at radius 3 is 2.52 bits per heavy atom. The minimum Gasteiger partial charge on any atom is -0.463 e. The topological polar surface area (TPSA) is 67.5 Å². The summed E-state index contributed by atoms with van der Waals surface area (Å²) < 4.78 is 7.56. The molecule has 5 rings (SSSR count). The van der Waals surface area contributed by atoms with Gasteiger partial charge in [0.15, 0.2) is 0 Å². The highest BCUT2D eigenvalue weighted by molar-refractivity contribution is 6.00. The molecule has 172 valence electrons. The van der Waals surface area contributed by atoms with Crippen LogP contribution in [0.5, 0.6) is 0 Å². The number of nitrogens with one attached hydrogen (secondary N) is 1. The highest BCUT2D eigenvalue weighted by atomic mass is 16.3. The van der Waals surface area contributed by atoms with E-state index < -0.39 is 5.54 Å². The molecule has 2 aromatic heterocycles. The molecule has 1 unspecified atom stereocenters. The molecule has 1 aliphatic carbocycles. The zero-order valence-electron chi connectivity index (χ0n) is 19.1. The smallest absolute Gasteiger partial charge is 0.271 e. The predicted molar refractivity (Wildman–Crippen MR) is 127 cm³/mol. The summed E-state index contributed by atoms with van der Waals surface area (Å²) in [6.45, 7) is 2.78. The monoisotopic (exact) mass is 445 g/mol. The Bertz CT molecular complexity index is 1110. The fraction of sp³-hybridized carbons (Fsp3) is 0.407. The fourth-order valence-electron chi connectivity index (χ4n) is 5.24. The van der Waals surface area contributed by atoms with Crippen LogP contribution in [0.3, 0.4) is 0 Å². The molecule has 1 saturated carbocycles. The summed E-state index contributed by atoms with van der Waals surface area (Å²) >= 11 is 0. The maximum absolute atomic E-state index is 13.7. The molecule has 2 aliphatic rings. The van der Waals surface area contributed by atoms with Gasteiger partial charge in [-0.2, -0.15) is 0 Å². The fourth-order valence-corrected chi connectivity index (χ4v) is 5.24. The molecule has 3 aromatic rings. The van der Waals surface area contributed by atoms with Crippen molar-refractivity contribution in [1.82, 2.24) is 14.8 Å². The van der Waals surface area contributed by atoms with Crippen LogP contribution in [0.15, 0.2) is 65.3 Å². The molecule has 0 radical (unpaired) electrons. The van der Waals surface area contributed by atoms with E-state index in [1.54, 1.807) is 11.2 Å². The number of hydrogen-bond acceptors (Lipinski definition) is 3. The molecule has 0 spiro atoms. The standard InChI is InChI=1S/C27H31N3O3/c1-27(26(32)28-21-11-6-3-7-12-21)19-29-22(24-13-8-18-33-24)14-15-23(29)25(31)30(27)17-16-20-9-4-2-5-10-20/h2,4-5,8-10,13-15,18,21H,3,6-7,11-12,16-17,19H2,1H3,(H,28,32). The molecular weight excluding hydrogens is 414 g/mol. The summed E-state index contributed by atoms with van der Waals surface area (Å²) in [5, 5.41) is 3.29. The van der Waals surface area contributed by atoms with E-state index in [1.807, 2.05) is 54.0 Å². The number of aromatic nitrogens is 1. The Kier molecular flexibility index (Phi) is 5.83. The molecule has 2 amide bonds. The number of carbonyl (C=O) groups excluding carboxylic acids is 2. The zero-order chi connectivity index (χ0) is 22.8. The SMILES string of the molecule is CC1(C(=O)NC2CCCCC2)Cn2c(ccc2-c2ccco2)C(=O)N1CCc1ccccc1. The van der Waals surface area contributed by atoms with Crippen LogP contribution in [0.2, 0.25) is 0 Å². The van der Waals surface area contributed by atoms with Crippen LogP contribution in [0, 0.1) is 0 Å². The minimum atomic E-state index is -0.989. The second-order valence-electron chi connectivity index (χ2n) is 9.44. The van der Waals surface area contributed by atoms with Crippen LogP contribution in [-0.4, -0.2) is 39.4 Å². The quantitative estimate of drug-likeness (QED) is 0.600. The first-order valence-electron chi connectivity index (χ1n) is 12.0. The van der Waals surface area contributed by atoms with Crippen LogP contribution >= 0.6 is 0 Å². The summed E-state index contributed by atoms with van der Waals surface area (Å²) in [6.07, 6.45) is 7.85. The highest BCUT2D eigenvalue weighted by Gasteiger charge is 2.48. The molecule has 6 heteroatoms. The molecule has 1 fully saturated rings. The van der Waals surface area contributed by atoms with Crippen molar-refractivity contribution < 1.29 is 14.0 Å². The van der Waals surface area contributed by atoms with Gasteiger partial charge < -0.3 is 19.2 Å². The van der Waals surface area contributed by atoms with Gasteiger partial charge >= 0.3 is 0 Å². The summed E-state index contributed by atoms with van der Waals surface area (Å²) in [4.78, 5) is 29.2. The summed E-state index contributed by atoms with van der Waals surface area (Å²) in [6, 6.07) is 17.8. The van der Waals surface area contributed by atoms with Crippen molar-refractivity contribution in [2.75, 3.05) is 6.54 Å². The summed E-state index contributed by atoms with van der Waals surface area (Å²) in [5.74, 6) is 0.513. The van der Waals surface area contributed by atoms with Gasteiger partial charge in [-0.15, -0.1) is 0 Å². The molecule has 1 aliphatic heterocycles. The lowest BCUT2D eigenvalue weighted by Crippen LogP contribution is -2.65. The van der Waals surface area contributed by atoms with Crippen molar-refractivity contribution >= 4 is 11.8 Å². The maximum atomic E-state index is 13.7. The van der Waals surface area contributed by atoms with Gasteiger partial charge in [-0.05, 0) is 56.0 Å².